The van der Waals surface area contributed by atoms with Crippen LogP contribution in [0.3, 0.4) is 0 Å². The van der Waals surface area contributed by atoms with Crippen LogP contribution in [0.4, 0.5) is 4.79 Å². The summed E-state index contributed by atoms with van der Waals surface area (Å²) in [6, 6.07) is 9.25. The van der Waals surface area contributed by atoms with Crippen molar-refractivity contribution in [2.45, 2.75) is 19.8 Å². The lowest BCUT2D eigenvalue weighted by Gasteiger charge is -2.12. The van der Waals surface area contributed by atoms with Crippen LogP contribution in [0, 0.1) is 6.92 Å². The molecule has 136 valence electrons. The van der Waals surface area contributed by atoms with Gasteiger partial charge in [-0.25, -0.2) is 9.78 Å². The van der Waals surface area contributed by atoms with Gasteiger partial charge < -0.3 is 15.1 Å². The lowest BCUT2D eigenvalue weighted by molar-refractivity contribution is -0.126. The van der Waals surface area contributed by atoms with Crippen molar-refractivity contribution in [3.63, 3.8) is 0 Å². The van der Waals surface area contributed by atoms with E-state index in [9.17, 15) is 14.4 Å². The second kappa shape index (κ2) is 7.81. The van der Waals surface area contributed by atoms with Gasteiger partial charge in [0.2, 0.25) is 11.8 Å². The third kappa shape index (κ3) is 4.08. The van der Waals surface area contributed by atoms with E-state index >= 15 is 0 Å². The van der Waals surface area contributed by atoms with Crippen molar-refractivity contribution in [1.82, 2.24) is 20.5 Å². The average molecular weight is 356 g/mol. The summed E-state index contributed by atoms with van der Waals surface area (Å²) in [5, 5.41) is 5.12. The second-order valence-electron chi connectivity index (χ2n) is 5.94. The highest BCUT2D eigenvalue weighted by molar-refractivity contribution is 6.01. The predicted octanol–water partition coefficient (Wildman–Crippen LogP) is 1.25. The molecule has 1 aromatic carbocycles. The molecule has 8 heteroatoms. The molecule has 0 atom stereocenters. The fourth-order valence-corrected chi connectivity index (χ4v) is 2.71. The minimum Gasteiger partial charge on any atom is -0.440 e. The van der Waals surface area contributed by atoms with Crippen molar-refractivity contribution in [3.05, 3.63) is 41.9 Å². The van der Waals surface area contributed by atoms with E-state index in [4.69, 9.17) is 4.42 Å². The number of nitrogens with zero attached hydrogens (tertiary/aromatic N) is 2. The second-order valence-corrected chi connectivity index (χ2v) is 5.94. The number of hydrogen-bond acceptors (Lipinski definition) is 5. The number of carbonyl (C=O) groups is 3. The molecule has 0 bridgehead atoms. The summed E-state index contributed by atoms with van der Waals surface area (Å²) in [6.07, 6.45) is 0.594. The van der Waals surface area contributed by atoms with E-state index in [0.29, 0.717) is 18.1 Å². The van der Waals surface area contributed by atoms with Crippen LogP contribution in [0.1, 0.15) is 18.0 Å². The van der Waals surface area contributed by atoms with Crippen molar-refractivity contribution < 1.29 is 18.8 Å². The number of nitrogens with one attached hydrogen (secondary N) is 2. The molecule has 1 aromatic heterocycles. The van der Waals surface area contributed by atoms with Crippen LogP contribution in [-0.4, -0.2) is 47.4 Å². The third-order valence-corrected chi connectivity index (χ3v) is 4.04. The van der Waals surface area contributed by atoms with Gasteiger partial charge in [-0.2, -0.15) is 0 Å². The molecule has 0 aliphatic carbocycles. The molecule has 1 saturated heterocycles. The van der Waals surface area contributed by atoms with E-state index in [1.54, 1.807) is 0 Å². The van der Waals surface area contributed by atoms with Crippen LogP contribution in [0.5, 0.6) is 0 Å². The molecule has 2 N–H and O–H groups in total. The molecule has 2 heterocycles. The van der Waals surface area contributed by atoms with Gasteiger partial charge in [-0.1, -0.05) is 30.3 Å². The van der Waals surface area contributed by atoms with Crippen LogP contribution < -0.4 is 10.6 Å². The highest BCUT2D eigenvalue weighted by atomic mass is 16.4. The number of urea groups is 1. The number of amides is 4. The summed E-state index contributed by atoms with van der Waals surface area (Å²) in [5.41, 5.74) is 1.73. The monoisotopic (exact) mass is 356 g/mol. The molecular formula is C18H20N4O4. The molecule has 0 spiro atoms. The first-order chi connectivity index (χ1) is 12.5. The predicted molar refractivity (Wildman–Crippen MR) is 93.1 cm³/mol. The molecule has 26 heavy (non-hydrogen) atoms. The Bertz CT molecular complexity index is 800. The smallest absolute Gasteiger partial charge is 0.324 e. The van der Waals surface area contributed by atoms with Crippen molar-refractivity contribution in [3.8, 4) is 11.3 Å². The maximum atomic E-state index is 11.9. The number of rotatable bonds is 7. The largest absolute Gasteiger partial charge is 0.440 e. The van der Waals surface area contributed by atoms with Crippen molar-refractivity contribution in [2.75, 3.05) is 19.6 Å². The highest BCUT2D eigenvalue weighted by Gasteiger charge is 2.27. The SMILES string of the molecule is Cc1nc(CCC(=O)NCCN2C(=O)CNC2=O)oc1-c1ccccc1. The van der Waals surface area contributed by atoms with Crippen molar-refractivity contribution in [2.24, 2.45) is 0 Å². The normalized spacial score (nSPS) is 13.8. The number of benzene rings is 1. The zero-order chi connectivity index (χ0) is 18.5. The fourth-order valence-electron chi connectivity index (χ4n) is 2.71. The minimum atomic E-state index is -0.423. The van der Waals surface area contributed by atoms with Gasteiger partial charge in [0.25, 0.3) is 0 Å². The number of aromatic nitrogens is 1. The lowest BCUT2D eigenvalue weighted by atomic mass is 10.1. The van der Waals surface area contributed by atoms with E-state index in [0.717, 1.165) is 16.2 Å². The number of carbonyl (C=O) groups excluding carboxylic acids is 3. The Morgan fingerprint density at radius 3 is 2.77 bits per heavy atom. The van der Waals surface area contributed by atoms with Gasteiger partial charge in [-0.15, -0.1) is 0 Å². The van der Waals surface area contributed by atoms with Crippen LogP contribution >= 0.6 is 0 Å². The number of hydrogen-bond donors (Lipinski definition) is 2. The molecule has 1 aliphatic rings. The van der Waals surface area contributed by atoms with Gasteiger partial charge in [0, 0.05) is 31.5 Å². The van der Waals surface area contributed by atoms with Gasteiger partial charge in [-0.05, 0) is 6.92 Å². The summed E-state index contributed by atoms with van der Waals surface area (Å²) in [7, 11) is 0. The summed E-state index contributed by atoms with van der Waals surface area (Å²) >= 11 is 0. The first kappa shape index (κ1) is 17.7. The molecule has 0 saturated carbocycles. The topological polar surface area (TPSA) is 105 Å². The first-order valence-electron chi connectivity index (χ1n) is 8.41. The van der Waals surface area contributed by atoms with Gasteiger partial charge in [0.05, 0.1) is 12.2 Å². The molecule has 0 unspecified atom stereocenters. The van der Waals surface area contributed by atoms with Gasteiger partial charge in [0.15, 0.2) is 11.7 Å². The standard InChI is InChI=1S/C18H20N4O4/c1-12-17(13-5-3-2-4-6-13)26-15(21-12)8-7-14(23)19-9-10-22-16(24)11-20-18(22)25/h2-6H,7-11H2,1H3,(H,19,23)(H,20,25). The Morgan fingerprint density at radius 1 is 1.31 bits per heavy atom. The maximum Gasteiger partial charge on any atom is 0.324 e. The van der Waals surface area contributed by atoms with E-state index in [-0.39, 0.29) is 37.9 Å². The Hall–Kier alpha value is -3.16. The van der Waals surface area contributed by atoms with Crippen LogP contribution in [0.15, 0.2) is 34.7 Å². The van der Waals surface area contributed by atoms with E-state index in [1.165, 1.54) is 0 Å². The van der Waals surface area contributed by atoms with Crippen molar-refractivity contribution in [1.29, 1.82) is 0 Å². The summed E-state index contributed by atoms with van der Waals surface area (Å²) in [4.78, 5) is 40.2. The Morgan fingerprint density at radius 2 is 2.08 bits per heavy atom. The molecule has 0 radical (unpaired) electrons. The number of aryl methyl sites for hydroxylation is 2. The molecular weight excluding hydrogens is 336 g/mol. The quantitative estimate of drug-likeness (QED) is 0.727. The zero-order valence-corrected chi connectivity index (χ0v) is 14.4. The number of imide groups is 1. The summed E-state index contributed by atoms with van der Waals surface area (Å²) in [6.45, 7) is 2.26. The number of oxazole rings is 1. The van der Waals surface area contributed by atoms with Gasteiger partial charge in [0.1, 0.15) is 0 Å². The summed E-state index contributed by atoms with van der Waals surface area (Å²) in [5.74, 6) is 0.743. The first-order valence-corrected chi connectivity index (χ1v) is 8.41. The molecule has 3 rings (SSSR count). The zero-order valence-electron chi connectivity index (χ0n) is 14.4. The fraction of sp³-hybridized carbons (Fsp3) is 0.333. The molecule has 1 aliphatic heterocycles. The van der Waals surface area contributed by atoms with Gasteiger partial charge >= 0.3 is 6.03 Å². The van der Waals surface area contributed by atoms with E-state index in [2.05, 4.69) is 15.6 Å². The summed E-state index contributed by atoms with van der Waals surface area (Å²) < 4.78 is 5.77. The Labute approximate surface area is 150 Å². The maximum absolute atomic E-state index is 11.9. The minimum absolute atomic E-state index is 0.0139. The molecule has 2 aromatic rings. The van der Waals surface area contributed by atoms with Crippen LogP contribution in [0.25, 0.3) is 11.3 Å². The van der Waals surface area contributed by atoms with Crippen molar-refractivity contribution >= 4 is 17.8 Å². The molecule has 4 amide bonds. The van der Waals surface area contributed by atoms with E-state index in [1.807, 2.05) is 37.3 Å². The molecule has 1 fully saturated rings. The van der Waals surface area contributed by atoms with Gasteiger partial charge in [-0.3, -0.25) is 14.5 Å². The third-order valence-electron chi connectivity index (χ3n) is 4.04. The van der Waals surface area contributed by atoms with E-state index < -0.39 is 6.03 Å². The van der Waals surface area contributed by atoms with Crippen LogP contribution in [0.2, 0.25) is 0 Å². The Balaban J connectivity index is 1.46. The van der Waals surface area contributed by atoms with Crippen LogP contribution in [-0.2, 0) is 16.0 Å². The average Bonchev–Trinajstić information content (AvgIpc) is 3.17. The Kier molecular flexibility index (Phi) is 5.31. The molecule has 8 nitrogen and oxygen atoms in total. The lowest BCUT2D eigenvalue weighted by Crippen LogP contribution is -2.38. The highest BCUT2D eigenvalue weighted by Crippen LogP contribution is 2.24.